The predicted octanol–water partition coefficient (Wildman–Crippen LogP) is 2.55. The number of benzene rings is 2. The summed E-state index contributed by atoms with van der Waals surface area (Å²) in [5, 5.41) is 3.09. The van der Waals surface area contributed by atoms with Crippen molar-refractivity contribution < 1.29 is 9.53 Å². The van der Waals surface area contributed by atoms with Gasteiger partial charge in [-0.25, -0.2) is 4.79 Å². The highest BCUT2D eigenvalue weighted by Crippen LogP contribution is 2.16. The summed E-state index contributed by atoms with van der Waals surface area (Å²) in [5.74, 6) is 0. The first-order chi connectivity index (χ1) is 14.3. The van der Waals surface area contributed by atoms with E-state index >= 15 is 0 Å². The summed E-state index contributed by atoms with van der Waals surface area (Å²) in [6.45, 7) is 8.32. The van der Waals surface area contributed by atoms with Gasteiger partial charge < -0.3 is 19.9 Å². The Balaban J connectivity index is 1.24. The molecule has 0 aromatic heterocycles. The van der Waals surface area contributed by atoms with Crippen molar-refractivity contribution in [3.63, 3.8) is 0 Å². The van der Waals surface area contributed by atoms with Crippen LogP contribution >= 0.6 is 0 Å². The summed E-state index contributed by atoms with van der Waals surface area (Å²) in [4.78, 5) is 19.2. The van der Waals surface area contributed by atoms with Gasteiger partial charge in [-0.05, 0) is 23.3 Å². The van der Waals surface area contributed by atoms with Crippen LogP contribution in [0.3, 0.4) is 0 Å². The average Bonchev–Trinajstić information content (AvgIpc) is 2.79. The number of nitrogens with one attached hydrogen (secondary N) is 1. The molecule has 2 saturated heterocycles. The van der Waals surface area contributed by atoms with E-state index in [-0.39, 0.29) is 6.03 Å². The van der Waals surface area contributed by atoms with Gasteiger partial charge in [0.2, 0.25) is 0 Å². The number of carbonyl (C=O) groups is 1. The number of nitrogens with zero attached hydrogens (tertiary/aromatic N) is 3. The molecule has 2 aromatic rings. The zero-order valence-corrected chi connectivity index (χ0v) is 16.9. The highest BCUT2D eigenvalue weighted by molar-refractivity contribution is 5.74. The molecule has 154 valence electrons. The third-order valence-corrected chi connectivity index (χ3v) is 5.63. The van der Waals surface area contributed by atoms with E-state index in [1.165, 1.54) is 11.3 Å². The Bertz CT molecular complexity index is 784. The molecule has 2 aromatic carbocycles. The number of morpholine rings is 1. The van der Waals surface area contributed by atoms with Crippen molar-refractivity contribution in [3.8, 4) is 0 Å². The average molecular weight is 395 g/mol. The fraction of sp³-hybridized carbons (Fsp3) is 0.435. The van der Waals surface area contributed by atoms with Gasteiger partial charge in [-0.15, -0.1) is 0 Å². The molecule has 0 aliphatic carbocycles. The molecule has 0 spiro atoms. The minimum atomic E-state index is 0.0243. The Morgan fingerprint density at radius 1 is 0.862 bits per heavy atom. The van der Waals surface area contributed by atoms with Crippen molar-refractivity contribution in [2.24, 2.45) is 0 Å². The number of hydrogen-bond acceptors (Lipinski definition) is 4. The number of carbonyl (C=O) groups excluding carboxylic acids is 1. The monoisotopic (exact) mass is 394 g/mol. The van der Waals surface area contributed by atoms with Crippen LogP contribution in [-0.2, 0) is 17.8 Å². The van der Waals surface area contributed by atoms with Gasteiger partial charge in [-0.3, -0.25) is 4.90 Å². The van der Waals surface area contributed by atoms with Crippen molar-refractivity contribution >= 4 is 11.7 Å². The molecular weight excluding hydrogens is 364 g/mol. The number of anilines is 1. The number of ether oxygens (including phenoxy) is 1. The zero-order chi connectivity index (χ0) is 19.9. The summed E-state index contributed by atoms with van der Waals surface area (Å²) >= 11 is 0. The van der Waals surface area contributed by atoms with Gasteiger partial charge in [0.25, 0.3) is 0 Å². The van der Waals surface area contributed by atoms with E-state index in [1.807, 2.05) is 11.0 Å². The Morgan fingerprint density at radius 2 is 1.59 bits per heavy atom. The Labute approximate surface area is 173 Å². The lowest BCUT2D eigenvalue weighted by Crippen LogP contribution is -2.51. The standard InChI is InChI=1S/C23H30N4O2/c28-23(27-11-9-26(10-12-27)22-7-2-1-3-8-22)24-18-20-5-4-6-21(17-20)19-25-13-15-29-16-14-25/h1-8,17H,9-16,18-19H2,(H,24,28). The van der Waals surface area contributed by atoms with Crippen molar-refractivity contribution in [2.45, 2.75) is 13.1 Å². The van der Waals surface area contributed by atoms with E-state index in [9.17, 15) is 4.79 Å². The molecule has 2 fully saturated rings. The van der Waals surface area contributed by atoms with Gasteiger partial charge in [0.15, 0.2) is 0 Å². The van der Waals surface area contributed by atoms with Crippen LogP contribution in [0, 0.1) is 0 Å². The fourth-order valence-electron chi connectivity index (χ4n) is 3.95. The number of urea groups is 1. The smallest absolute Gasteiger partial charge is 0.317 e. The van der Waals surface area contributed by atoms with Gasteiger partial charge in [-0.2, -0.15) is 0 Å². The molecule has 4 rings (SSSR count). The van der Waals surface area contributed by atoms with Crippen molar-refractivity contribution in [3.05, 3.63) is 65.7 Å². The lowest BCUT2D eigenvalue weighted by molar-refractivity contribution is 0.0342. The minimum Gasteiger partial charge on any atom is -0.379 e. The molecule has 0 saturated carbocycles. The molecule has 0 atom stereocenters. The largest absolute Gasteiger partial charge is 0.379 e. The van der Waals surface area contributed by atoms with Crippen LogP contribution in [-0.4, -0.2) is 68.3 Å². The number of piperazine rings is 1. The van der Waals surface area contributed by atoms with Crippen LogP contribution < -0.4 is 10.2 Å². The van der Waals surface area contributed by atoms with E-state index in [0.29, 0.717) is 6.54 Å². The van der Waals surface area contributed by atoms with Crippen LogP contribution in [0.2, 0.25) is 0 Å². The van der Waals surface area contributed by atoms with Crippen LogP contribution in [0.5, 0.6) is 0 Å². The second kappa shape index (κ2) is 9.76. The number of hydrogen-bond donors (Lipinski definition) is 1. The first-order valence-electron chi connectivity index (χ1n) is 10.5. The highest BCUT2D eigenvalue weighted by atomic mass is 16.5. The lowest BCUT2D eigenvalue weighted by Gasteiger charge is -2.36. The first-order valence-corrected chi connectivity index (χ1v) is 10.5. The summed E-state index contributed by atoms with van der Waals surface area (Å²) in [6, 6.07) is 18.9. The maximum atomic E-state index is 12.6. The Morgan fingerprint density at radius 3 is 2.34 bits per heavy atom. The summed E-state index contributed by atoms with van der Waals surface area (Å²) in [6.07, 6.45) is 0. The lowest BCUT2D eigenvalue weighted by atomic mass is 10.1. The van der Waals surface area contributed by atoms with Crippen LogP contribution in [0.1, 0.15) is 11.1 Å². The molecule has 1 N–H and O–H groups in total. The molecule has 6 nitrogen and oxygen atoms in total. The molecule has 29 heavy (non-hydrogen) atoms. The highest BCUT2D eigenvalue weighted by Gasteiger charge is 2.21. The van der Waals surface area contributed by atoms with Crippen LogP contribution in [0.4, 0.5) is 10.5 Å². The van der Waals surface area contributed by atoms with Gasteiger partial charge >= 0.3 is 6.03 Å². The predicted molar refractivity (Wildman–Crippen MR) is 115 cm³/mol. The second-order valence-corrected chi connectivity index (χ2v) is 7.68. The molecule has 2 heterocycles. The van der Waals surface area contributed by atoms with Gasteiger partial charge in [-0.1, -0.05) is 42.5 Å². The van der Waals surface area contributed by atoms with Crippen molar-refractivity contribution in [1.29, 1.82) is 0 Å². The van der Waals surface area contributed by atoms with E-state index in [4.69, 9.17) is 4.74 Å². The Hall–Kier alpha value is -2.57. The van der Waals surface area contributed by atoms with Gasteiger partial charge in [0.1, 0.15) is 0 Å². The first kappa shape index (κ1) is 19.7. The number of para-hydroxylation sites is 1. The van der Waals surface area contributed by atoms with E-state index in [1.54, 1.807) is 0 Å². The summed E-state index contributed by atoms with van der Waals surface area (Å²) < 4.78 is 5.42. The molecule has 0 unspecified atom stereocenters. The number of amides is 2. The number of rotatable bonds is 5. The van der Waals surface area contributed by atoms with Crippen molar-refractivity contribution in [2.75, 3.05) is 57.4 Å². The van der Waals surface area contributed by atoms with E-state index in [2.05, 4.69) is 63.6 Å². The molecule has 2 amide bonds. The topological polar surface area (TPSA) is 48.1 Å². The zero-order valence-electron chi connectivity index (χ0n) is 16.9. The second-order valence-electron chi connectivity index (χ2n) is 7.68. The van der Waals surface area contributed by atoms with Gasteiger partial charge in [0, 0.05) is 58.0 Å². The SMILES string of the molecule is O=C(NCc1cccc(CN2CCOCC2)c1)N1CCN(c2ccccc2)CC1. The third-order valence-electron chi connectivity index (χ3n) is 5.63. The minimum absolute atomic E-state index is 0.0243. The fourth-order valence-corrected chi connectivity index (χ4v) is 3.95. The normalized spacial score (nSPS) is 17.9. The quantitative estimate of drug-likeness (QED) is 0.847. The molecule has 6 heteroatoms. The third kappa shape index (κ3) is 5.49. The molecule has 0 radical (unpaired) electrons. The molecular formula is C23H30N4O2. The summed E-state index contributed by atoms with van der Waals surface area (Å²) in [5.41, 5.74) is 3.66. The molecule has 2 aliphatic rings. The maximum absolute atomic E-state index is 12.6. The van der Waals surface area contributed by atoms with E-state index in [0.717, 1.165) is 64.6 Å². The molecule has 0 bridgehead atoms. The maximum Gasteiger partial charge on any atom is 0.317 e. The van der Waals surface area contributed by atoms with Crippen LogP contribution in [0.15, 0.2) is 54.6 Å². The van der Waals surface area contributed by atoms with Crippen molar-refractivity contribution in [1.82, 2.24) is 15.1 Å². The van der Waals surface area contributed by atoms with Crippen LogP contribution in [0.25, 0.3) is 0 Å². The molecule has 2 aliphatic heterocycles. The summed E-state index contributed by atoms with van der Waals surface area (Å²) in [7, 11) is 0. The Kier molecular flexibility index (Phi) is 6.64. The van der Waals surface area contributed by atoms with Gasteiger partial charge in [0.05, 0.1) is 13.2 Å². The van der Waals surface area contributed by atoms with E-state index < -0.39 is 0 Å².